The van der Waals surface area contributed by atoms with Gasteiger partial charge in [0, 0.05) is 5.57 Å². The lowest BCUT2D eigenvalue weighted by Crippen LogP contribution is -1.99. The Bertz CT molecular complexity index is 544. The molecule has 0 radical (unpaired) electrons. The minimum absolute atomic E-state index is 0.336. The Labute approximate surface area is 97.4 Å². The summed E-state index contributed by atoms with van der Waals surface area (Å²) in [6.07, 6.45) is 3.61. The zero-order chi connectivity index (χ0) is 12.3. The minimum Gasteiger partial charge on any atom is -0.298 e. The molecule has 0 unspecified atom stereocenters. The molecule has 0 saturated carbocycles. The Morgan fingerprint density at radius 2 is 2.06 bits per heavy atom. The Balaban J connectivity index is 2.49. The van der Waals surface area contributed by atoms with E-state index in [0.717, 1.165) is 6.29 Å². The molecule has 0 saturated heterocycles. The number of benzene rings is 1. The smallest absolute Gasteiger partial charge is 0.152 e. The van der Waals surface area contributed by atoms with E-state index in [1.165, 1.54) is 29.5 Å². The predicted molar refractivity (Wildman–Crippen MR) is 61.3 cm³/mol. The molecule has 17 heavy (non-hydrogen) atoms. The molecule has 0 aliphatic heterocycles. The number of carbonyl (C=O) groups is 1. The van der Waals surface area contributed by atoms with Gasteiger partial charge in [0.15, 0.2) is 6.29 Å². The third kappa shape index (κ3) is 2.28. The molecule has 2 aromatic rings. The van der Waals surface area contributed by atoms with Crippen molar-refractivity contribution in [3.8, 4) is 0 Å². The lowest BCUT2D eigenvalue weighted by Gasteiger charge is -2.06. The van der Waals surface area contributed by atoms with Crippen molar-refractivity contribution in [2.24, 2.45) is 0 Å². The van der Waals surface area contributed by atoms with Gasteiger partial charge in [-0.3, -0.25) is 4.79 Å². The molecule has 4 nitrogen and oxygen atoms in total. The fourth-order valence-electron chi connectivity index (χ4n) is 1.50. The van der Waals surface area contributed by atoms with E-state index in [9.17, 15) is 9.18 Å². The number of allylic oxidation sites excluding steroid dienone is 2. The third-order valence-corrected chi connectivity index (χ3v) is 2.43. The Kier molecular flexibility index (Phi) is 3.09. The van der Waals surface area contributed by atoms with Crippen LogP contribution in [0.2, 0.25) is 0 Å². The van der Waals surface area contributed by atoms with E-state index in [2.05, 4.69) is 10.1 Å². The van der Waals surface area contributed by atoms with Crippen molar-refractivity contribution in [3.63, 3.8) is 0 Å². The van der Waals surface area contributed by atoms with Gasteiger partial charge in [0.2, 0.25) is 0 Å². The number of aldehydes is 1. The summed E-state index contributed by atoms with van der Waals surface area (Å²) in [5, 5.41) is 3.94. The molecule has 5 heteroatoms. The molecule has 2 rings (SSSR count). The molecule has 1 heterocycles. The number of halogens is 1. The maximum Gasteiger partial charge on any atom is 0.152 e. The summed E-state index contributed by atoms with van der Waals surface area (Å²) in [6.45, 7) is 1.75. The average molecular weight is 231 g/mol. The number of rotatable bonds is 3. The van der Waals surface area contributed by atoms with Crippen molar-refractivity contribution in [1.82, 2.24) is 14.8 Å². The molecule has 0 amide bonds. The van der Waals surface area contributed by atoms with E-state index in [-0.39, 0.29) is 5.82 Å². The van der Waals surface area contributed by atoms with E-state index in [1.807, 2.05) is 0 Å². The van der Waals surface area contributed by atoms with Crippen LogP contribution in [0.5, 0.6) is 0 Å². The maximum atomic E-state index is 12.8. The summed E-state index contributed by atoms with van der Waals surface area (Å²) >= 11 is 0. The molecule has 0 atom stereocenters. The average Bonchev–Trinajstić information content (AvgIpc) is 2.86. The summed E-state index contributed by atoms with van der Waals surface area (Å²) < 4.78 is 14.3. The summed E-state index contributed by atoms with van der Waals surface area (Å²) in [5.74, 6) is -0.336. The van der Waals surface area contributed by atoms with Crippen molar-refractivity contribution in [2.75, 3.05) is 0 Å². The lowest BCUT2D eigenvalue weighted by molar-refractivity contribution is -0.103. The number of aromatic nitrogens is 3. The molecular formula is C12H10FN3O. The van der Waals surface area contributed by atoms with E-state index in [1.54, 1.807) is 19.1 Å². The highest BCUT2D eigenvalue weighted by Gasteiger charge is 2.07. The largest absolute Gasteiger partial charge is 0.298 e. The van der Waals surface area contributed by atoms with Gasteiger partial charge in [0.05, 0.1) is 5.70 Å². The predicted octanol–water partition coefficient (Wildman–Crippen LogP) is 2.00. The minimum atomic E-state index is -0.336. The molecule has 0 fully saturated rings. The Morgan fingerprint density at radius 1 is 1.35 bits per heavy atom. The van der Waals surface area contributed by atoms with E-state index < -0.39 is 0 Å². The van der Waals surface area contributed by atoms with Crippen LogP contribution in [0.1, 0.15) is 12.5 Å². The van der Waals surface area contributed by atoms with E-state index in [0.29, 0.717) is 16.8 Å². The molecule has 1 aromatic carbocycles. The van der Waals surface area contributed by atoms with Gasteiger partial charge in [-0.1, -0.05) is 12.1 Å². The second-order valence-electron chi connectivity index (χ2n) is 3.46. The highest BCUT2D eigenvalue weighted by molar-refractivity contribution is 6.14. The van der Waals surface area contributed by atoms with Crippen LogP contribution < -0.4 is 0 Å². The standard InChI is InChI=1S/C12H10FN3O/c1-9(16-8-14-7-15-16)12(6-17)10-2-4-11(13)5-3-10/h2-8H,1H3. The van der Waals surface area contributed by atoms with Gasteiger partial charge in [-0.05, 0) is 24.6 Å². The molecule has 0 N–H and O–H groups in total. The second kappa shape index (κ2) is 4.69. The van der Waals surface area contributed by atoms with Crippen molar-refractivity contribution in [1.29, 1.82) is 0 Å². The van der Waals surface area contributed by atoms with Gasteiger partial charge >= 0.3 is 0 Å². The topological polar surface area (TPSA) is 47.8 Å². The quantitative estimate of drug-likeness (QED) is 0.599. The first kappa shape index (κ1) is 11.2. The molecule has 0 aliphatic carbocycles. The first-order chi connectivity index (χ1) is 8.22. The summed E-state index contributed by atoms with van der Waals surface area (Å²) in [6, 6.07) is 5.74. The monoisotopic (exact) mass is 231 g/mol. The van der Waals surface area contributed by atoms with Crippen LogP contribution in [0.15, 0.2) is 36.9 Å². The van der Waals surface area contributed by atoms with Crippen LogP contribution in [-0.2, 0) is 4.79 Å². The van der Waals surface area contributed by atoms with Gasteiger partial charge in [-0.15, -0.1) is 0 Å². The summed E-state index contributed by atoms with van der Waals surface area (Å²) in [7, 11) is 0. The van der Waals surface area contributed by atoms with Gasteiger partial charge in [-0.25, -0.2) is 14.1 Å². The molecule has 1 aromatic heterocycles. The van der Waals surface area contributed by atoms with Crippen molar-refractivity contribution >= 4 is 17.6 Å². The number of hydrogen-bond acceptors (Lipinski definition) is 3. The fraction of sp³-hybridized carbons (Fsp3) is 0.0833. The number of carbonyl (C=O) groups excluding carboxylic acids is 1. The zero-order valence-electron chi connectivity index (χ0n) is 9.17. The van der Waals surface area contributed by atoms with Crippen molar-refractivity contribution in [3.05, 3.63) is 48.3 Å². The highest BCUT2D eigenvalue weighted by Crippen LogP contribution is 2.19. The van der Waals surface area contributed by atoms with Crippen molar-refractivity contribution < 1.29 is 9.18 Å². The van der Waals surface area contributed by atoms with E-state index >= 15 is 0 Å². The molecule has 0 spiro atoms. The van der Waals surface area contributed by atoms with Gasteiger partial charge < -0.3 is 0 Å². The van der Waals surface area contributed by atoms with Crippen LogP contribution in [0.25, 0.3) is 11.3 Å². The van der Waals surface area contributed by atoms with Crippen LogP contribution in [0.3, 0.4) is 0 Å². The normalized spacial score (nSPS) is 12.1. The zero-order valence-corrected chi connectivity index (χ0v) is 9.17. The Morgan fingerprint density at radius 3 is 2.59 bits per heavy atom. The van der Waals surface area contributed by atoms with Crippen LogP contribution in [0.4, 0.5) is 4.39 Å². The molecular weight excluding hydrogens is 221 g/mol. The SMILES string of the molecule is CC(=C(C=O)c1ccc(F)cc1)n1cncn1. The fourth-order valence-corrected chi connectivity index (χ4v) is 1.50. The molecule has 0 bridgehead atoms. The van der Waals surface area contributed by atoms with Crippen LogP contribution >= 0.6 is 0 Å². The maximum absolute atomic E-state index is 12.8. The van der Waals surface area contributed by atoms with E-state index in [4.69, 9.17) is 0 Å². The summed E-state index contributed by atoms with van der Waals surface area (Å²) in [4.78, 5) is 14.9. The van der Waals surface area contributed by atoms with Crippen LogP contribution in [0, 0.1) is 5.82 Å². The molecule has 0 aliphatic rings. The second-order valence-corrected chi connectivity index (χ2v) is 3.46. The van der Waals surface area contributed by atoms with Gasteiger partial charge in [0.1, 0.15) is 18.5 Å². The number of hydrogen-bond donors (Lipinski definition) is 0. The highest BCUT2D eigenvalue weighted by atomic mass is 19.1. The first-order valence-corrected chi connectivity index (χ1v) is 4.99. The van der Waals surface area contributed by atoms with Gasteiger partial charge in [0.25, 0.3) is 0 Å². The van der Waals surface area contributed by atoms with Crippen molar-refractivity contribution in [2.45, 2.75) is 6.92 Å². The van der Waals surface area contributed by atoms with Gasteiger partial charge in [-0.2, -0.15) is 5.10 Å². The Hall–Kier alpha value is -2.30. The number of nitrogens with zero attached hydrogens (tertiary/aromatic N) is 3. The molecule has 86 valence electrons. The third-order valence-electron chi connectivity index (χ3n) is 2.43. The first-order valence-electron chi connectivity index (χ1n) is 4.99. The van der Waals surface area contributed by atoms with Crippen LogP contribution in [-0.4, -0.2) is 21.1 Å². The lowest BCUT2D eigenvalue weighted by atomic mass is 10.1. The summed E-state index contributed by atoms with van der Waals surface area (Å²) in [5.41, 5.74) is 1.74.